The van der Waals surface area contributed by atoms with Crippen molar-refractivity contribution in [3.05, 3.63) is 82.4 Å². The van der Waals surface area contributed by atoms with E-state index in [1.54, 1.807) is 13.0 Å². The quantitative estimate of drug-likeness (QED) is 0.220. The van der Waals surface area contributed by atoms with Crippen LogP contribution in [0.25, 0.3) is 16.7 Å². The van der Waals surface area contributed by atoms with Gasteiger partial charge in [-0.25, -0.2) is 19.7 Å². The standard InChI is InChI=1S/C30H28ClN4O3P/c1-2-3-15-35-27(32-24-13-14-25(30(36)37)34-29(24)35)16-19-7-9-20(10-8-19)23-5-4-6-28(33-23)38-18-21-11-12-22(31)17-26(21)39/h4-6,9,11-14,17,19H,7-8,10,15-16,18,39H2,1H3,(H,36,37). The van der Waals surface area contributed by atoms with Crippen molar-refractivity contribution in [3.8, 4) is 17.7 Å². The molecule has 1 N–H and O–H groups in total. The molecule has 39 heavy (non-hydrogen) atoms. The molecule has 3 heterocycles. The zero-order valence-corrected chi connectivity index (χ0v) is 23.4. The summed E-state index contributed by atoms with van der Waals surface area (Å²) in [6.07, 6.45) is 5.84. The summed E-state index contributed by atoms with van der Waals surface area (Å²) < 4.78 is 7.93. The van der Waals surface area contributed by atoms with Gasteiger partial charge in [-0.2, -0.15) is 0 Å². The van der Waals surface area contributed by atoms with E-state index in [0.717, 1.165) is 48.1 Å². The van der Waals surface area contributed by atoms with Crippen LogP contribution in [0.4, 0.5) is 0 Å². The number of rotatable bonds is 8. The predicted octanol–water partition coefficient (Wildman–Crippen LogP) is 5.71. The summed E-state index contributed by atoms with van der Waals surface area (Å²) in [7, 11) is 2.69. The van der Waals surface area contributed by atoms with Crippen molar-refractivity contribution in [1.29, 1.82) is 0 Å². The molecule has 0 amide bonds. The van der Waals surface area contributed by atoms with Crippen LogP contribution in [0, 0.1) is 17.8 Å². The third-order valence-corrected chi connectivity index (χ3v) is 7.60. The van der Waals surface area contributed by atoms with E-state index in [9.17, 15) is 9.90 Å². The lowest BCUT2D eigenvalue weighted by atomic mass is 9.86. The maximum absolute atomic E-state index is 11.4. The first-order chi connectivity index (χ1) is 18.9. The Morgan fingerprint density at radius 3 is 2.82 bits per heavy atom. The third kappa shape index (κ3) is 6.30. The molecule has 3 aromatic heterocycles. The fourth-order valence-corrected chi connectivity index (χ4v) is 5.38. The van der Waals surface area contributed by atoms with E-state index in [4.69, 9.17) is 26.3 Å². The van der Waals surface area contributed by atoms with Gasteiger partial charge >= 0.3 is 5.97 Å². The molecule has 0 fully saturated rings. The Morgan fingerprint density at radius 2 is 2.08 bits per heavy atom. The van der Waals surface area contributed by atoms with Gasteiger partial charge in [-0.15, -0.1) is 15.2 Å². The van der Waals surface area contributed by atoms with Crippen molar-refractivity contribution in [1.82, 2.24) is 19.5 Å². The zero-order valence-electron chi connectivity index (χ0n) is 21.5. The first-order valence-electron chi connectivity index (χ1n) is 12.7. The van der Waals surface area contributed by atoms with E-state index < -0.39 is 5.97 Å². The number of aromatic carboxylic acids is 1. The number of carboxylic acid groups (broad SMARTS) is 1. The number of benzene rings is 1. The lowest BCUT2D eigenvalue weighted by Crippen LogP contribution is -2.13. The van der Waals surface area contributed by atoms with E-state index in [2.05, 4.69) is 32.1 Å². The Kier molecular flexibility index (Phi) is 8.26. The fraction of sp³-hybridized carbons (Fsp3) is 0.267. The molecule has 0 saturated heterocycles. The third-order valence-electron chi connectivity index (χ3n) is 6.83. The minimum absolute atomic E-state index is 0.00537. The number of fused-ring (bicyclic) bond motifs is 1. The van der Waals surface area contributed by atoms with Gasteiger partial charge in [0.1, 0.15) is 17.9 Å². The van der Waals surface area contributed by atoms with Crippen LogP contribution in [0.15, 0.2) is 54.6 Å². The van der Waals surface area contributed by atoms with Gasteiger partial charge in [0.05, 0.1) is 12.2 Å². The molecule has 0 radical (unpaired) electrons. The molecule has 1 aromatic carbocycles. The molecule has 1 aliphatic carbocycles. The summed E-state index contributed by atoms with van der Waals surface area (Å²) in [5, 5.41) is 11.1. The number of aromatic nitrogens is 4. The highest BCUT2D eigenvalue weighted by molar-refractivity contribution is 7.27. The molecular formula is C30H28ClN4O3P. The molecule has 0 aliphatic heterocycles. The van der Waals surface area contributed by atoms with Crippen LogP contribution in [-0.4, -0.2) is 30.6 Å². The Hall–Kier alpha value is -3.72. The highest BCUT2D eigenvalue weighted by Crippen LogP contribution is 2.32. The molecule has 0 bridgehead atoms. The molecule has 2 atom stereocenters. The highest BCUT2D eigenvalue weighted by atomic mass is 35.5. The first-order valence-corrected chi connectivity index (χ1v) is 13.7. The second-order valence-corrected chi connectivity index (χ2v) is 10.5. The molecular weight excluding hydrogens is 531 g/mol. The van der Waals surface area contributed by atoms with E-state index in [1.807, 2.05) is 41.0 Å². The van der Waals surface area contributed by atoms with Gasteiger partial charge in [0, 0.05) is 17.5 Å². The summed E-state index contributed by atoms with van der Waals surface area (Å²) in [6.45, 7) is 2.63. The van der Waals surface area contributed by atoms with Crippen LogP contribution in [0.3, 0.4) is 0 Å². The predicted molar refractivity (Wildman–Crippen MR) is 156 cm³/mol. The summed E-state index contributed by atoms with van der Waals surface area (Å²) in [4.78, 5) is 25.3. The van der Waals surface area contributed by atoms with Crippen molar-refractivity contribution in [3.63, 3.8) is 0 Å². The van der Waals surface area contributed by atoms with Gasteiger partial charge in [0.25, 0.3) is 0 Å². The number of halogens is 1. The van der Waals surface area contributed by atoms with Gasteiger partial charge in [-0.1, -0.05) is 35.7 Å². The summed E-state index contributed by atoms with van der Waals surface area (Å²) >= 11 is 6.05. The van der Waals surface area contributed by atoms with Crippen LogP contribution in [0.5, 0.6) is 5.88 Å². The maximum Gasteiger partial charge on any atom is 0.354 e. The van der Waals surface area contributed by atoms with Crippen LogP contribution < -0.4 is 10.0 Å². The summed E-state index contributed by atoms with van der Waals surface area (Å²) in [5.41, 5.74) is 4.45. The number of pyridine rings is 2. The van der Waals surface area contributed by atoms with Crippen LogP contribution in [0.1, 0.15) is 53.8 Å². The SMILES string of the molecule is CC#CCn1c(CC2CC=C(c3cccc(OCc4ccc(Cl)cc4P)n3)CC2)nc2ccc(C(=O)O)nc21. The number of allylic oxidation sites excluding steroid dienone is 2. The van der Waals surface area contributed by atoms with Crippen LogP contribution in [-0.2, 0) is 19.6 Å². The minimum Gasteiger partial charge on any atom is -0.477 e. The Balaban J connectivity index is 1.28. The normalized spacial score (nSPS) is 14.9. The first kappa shape index (κ1) is 26.9. The highest BCUT2D eigenvalue weighted by Gasteiger charge is 2.21. The van der Waals surface area contributed by atoms with E-state index >= 15 is 0 Å². The lowest BCUT2D eigenvalue weighted by molar-refractivity contribution is 0.0691. The largest absolute Gasteiger partial charge is 0.477 e. The molecule has 1 aliphatic rings. The second-order valence-electron chi connectivity index (χ2n) is 9.45. The average Bonchev–Trinajstić information content (AvgIpc) is 3.27. The van der Waals surface area contributed by atoms with E-state index in [1.165, 1.54) is 11.6 Å². The monoisotopic (exact) mass is 558 g/mol. The zero-order chi connectivity index (χ0) is 27.4. The molecule has 4 aromatic rings. The van der Waals surface area contributed by atoms with Crippen molar-refractivity contribution in [2.75, 3.05) is 0 Å². The van der Waals surface area contributed by atoms with E-state index in [0.29, 0.717) is 41.1 Å². The van der Waals surface area contributed by atoms with Gasteiger partial charge in [0.2, 0.25) is 5.88 Å². The topological polar surface area (TPSA) is 90.1 Å². The smallest absolute Gasteiger partial charge is 0.354 e. The number of ether oxygens (including phenoxy) is 1. The van der Waals surface area contributed by atoms with Crippen molar-refractivity contribution >= 4 is 48.9 Å². The minimum atomic E-state index is -1.06. The molecule has 5 rings (SSSR count). The van der Waals surface area contributed by atoms with Gasteiger partial charge in [-0.3, -0.25) is 0 Å². The second kappa shape index (κ2) is 12.0. The lowest BCUT2D eigenvalue weighted by Gasteiger charge is -2.22. The van der Waals surface area contributed by atoms with Crippen molar-refractivity contribution in [2.45, 2.75) is 45.8 Å². The maximum atomic E-state index is 11.4. The van der Waals surface area contributed by atoms with Crippen molar-refractivity contribution < 1.29 is 14.6 Å². The number of hydrogen-bond acceptors (Lipinski definition) is 5. The Labute approximate surface area is 234 Å². The Morgan fingerprint density at radius 1 is 1.21 bits per heavy atom. The molecule has 0 saturated carbocycles. The molecule has 7 nitrogen and oxygen atoms in total. The van der Waals surface area contributed by atoms with Crippen LogP contribution in [0.2, 0.25) is 5.02 Å². The molecule has 198 valence electrons. The number of carbonyl (C=O) groups is 1. The molecule has 9 heteroatoms. The fourth-order valence-electron chi connectivity index (χ4n) is 4.74. The number of imidazole rings is 1. The van der Waals surface area contributed by atoms with Gasteiger partial charge in [0.15, 0.2) is 11.3 Å². The Bertz CT molecular complexity index is 1640. The summed E-state index contributed by atoms with van der Waals surface area (Å²) in [5.74, 6) is 6.81. The molecule has 0 spiro atoms. The molecule has 2 unspecified atom stereocenters. The van der Waals surface area contributed by atoms with Crippen molar-refractivity contribution in [2.24, 2.45) is 5.92 Å². The number of nitrogens with zero attached hydrogens (tertiary/aromatic N) is 4. The summed E-state index contributed by atoms with van der Waals surface area (Å²) in [6, 6.07) is 14.8. The number of carboxylic acids is 1. The van der Waals surface area contributed by atoms with Crippen LogP contribution >= 0.6 is 20.8 Å². The van der Waals surface area contributed by atoms with E-state index in [-0.39, 0.29) is 5.69 Å². The van der Waals surface area contributed by atoms with Gasteiger partial charge < -0.3 is 14.4 Å². The average molecular weight is 559 g/mol. The number of hydrogen-bond donors (Lipinski definition) is 1. The van der Waals surface area contributed by atoms with Gasteiger partial charge in [-0.05, 0) is 78.9 Å².